The molecule has 2 heterocycles. The summed E-state index contributed by atoms with van der Waals surface area (Å²) in [6.45, 7) is 4.37. The van der Waals surface area contributed by atoms with Gasteiger partial charge in [-0.25, -0.2) is 0 Å². The Kier molecular flexibility index (Phi) is 7.25. The molecule has 0 spiro atoms. The summed E-state index contributed by atoms with van der Waals surface area (Å²) in [7, 11) is 0. The van der Waals surface area contributed by atoms with Crippen molar-refractivity contribution in [2.45, 2.75) is 6.54 Å². The van der Waals surface area contributed by atoms with Crippen LogP contribution < -0.4 is 11.1 Å². The largest absolute Gasteiger partial charge is 0.404 e. The van der Waals surface area contributed by atoms with Gasteiger partial charge in [-0.3, -0.25) is 14.7 Å². The second kappa shape index (κ2) is 10.1. The lowest BCUT2D eigenvalue weighted by molar-refractivity contribution is -0.111. The summed E-state index contributed by atoms with van der Waals surface area (Å²) in [4.78, 5) is 19.3. The van der Waals surface area contributed by atoms with E-state index in [0.29, 0.717) is 4.91 Å². The number of carbonyl (C=O) groups excluding carboxylic acids is 1. The summed E-state index contributed by atoms with van der Waals surface area (Å²) in [6.07, 6.45) is 7.91. The number of nitrogens with one attached hydrogen (secondary N) is 1. The van der Waals surface area contributed by atoms with Crippen LogP contribution in [0.3, 0.4) is 0 Å². The van der Waals surface area contributed by atoms with Crippen molar-refractivity contribution < 1.29 is 9.53 Å². The summed E-state index contributed by atoms with van der Waals surface area (Å²) in [5.74, 6) is -0.215. The number of morpholine rings is 1. The molecule has 0 unspecified atom stereocenters. The SMILES string of the molecule is N/C=C(\S)c1ccncc1/C=C/C(=O)Nc1ccc(CN2CCOCC2)cc1. The number of pyridine rings is 1. The van der Waals surface area contributed by atoms with Crippen LogP contribution in [0.1, 0.15) is 16.7 Å². The Hall–Kier alpha value is -2.61. The van der Waals surface area contributed by atoms with Crippen molar-refractivity contribution >= 4 is 35.2 Å². The predicted octanol–water partition coefficient (Wildman–Crippen LogP) is 2.75. The topological polar surface area (TPSA) is 80.5 Å². The summed E-state index contributed by atoms with van der Waals surface area (Å²) in [6, 6.07) is 9.71. The van der Waals surface area contributed by atoms with E-state index in [0.717, 1.165) is 49.7 Å². The number of benzene rings is 1. The Balaban J connectivity index is 1.58. The molecule has 146 valence electrons. The zero-order chi connectivity index (χ0) is 19.8. The number of hydrogen-bond donors (Lipinski definition) is 3. The molecule has 1 aliphatic rings. The Morgan fingerprint density at radius 1 is 1.25 bits per heavy atom. The molecular weight excluding hydrogens is 372 g/mol. The van der Waals surface area contributed by atoms with Gasteiger partial charge in [0.1, 0.15) is 0 Å². The van der Waals surface area contributed by atoms with E-state index in [-0.39, 0.29) is 5.91 Å². The number of nitrogens with zero attached hydrogens (tertiary/aromatic N) is 2. The molecular formula is C21H24N4O2S. The van der Waals surface area contributed by atoms with Crippen LogP contribution >= 0.6 is 12.6 Å². The van der Waals surface area contributed by atoms with Crippen LogP contribution in [0.4, 0.5) is 5.69 Å². The Labute approximate surface area is 170 Å². The van der Waals surface area contributed by atoms with Crippen molar-refractivity contribution in [3.05, 3.63) is 71.7 Å². The van der Waals surface area contributed by atoms with E-state index in [9.17, 15) is 4.79 Å². The summed E-state index contributed by atoms with van der Waals surface area (Å²) >= 11 is 4.33. The lowest BCUT2D eigenvalue weighted by atomic mass is 10.1. The highest BCUT2D eigenvalue weighted by molar-refractivity contribution is 7.90. The molecule has 0 aliphatic carbocycles. The summed E-state index contributed by atoms with van der Waals surface area (Å²) in [5, 5.41) is 2.87. The Bertz CT molecular complexity index is 859. The number of nitrogens with two attached hydrogens (primary N) is 1. The zero-order valence-corrected chi connectivity index (χ0v) is 16.4. The first-order valence-corrected chi connectivity index (χ1v) is 9.54. The minimum absolute atomic E-state index is 0.215. The van der Waals surface area contributed by atoms with Gasteiger partial charge in [0.25, 0.3) is 0 Å². The number of aromatic nitrogens is 1. The van der Waals surface area contributed by atoms with E-state index in [4.69, 9.17) is 10.5 Å². The van der Waals surface area contributed by atoms with Gasteiger partial charge in [0, 0.05) is 60.5 Å². The second-order valence-electron chi connectivity index (χ2n) is 6.42. The number of hydrogen-bond acceptors (Lipinski definition) is 6. The van der Waals surface area contributed by atoms with Gasteiger partial charge in [0.2, 0.25) is 5.91 Å². The molecule has 1 amide bonds. The van der Waals surface area contributed by atoms with Crippen LogP contribution in [-0.4, -0.2) is 42.1 Å². The number of carbonyl (C=O) groups is 1. The van der Waals surface area contributed by atoms with Gasteiger partial charge in [-0.2, -0.15) is 0 Å². The molecule has 6 nitrogen and oxygen atoms in total. The maximum atomic E-state index is 12.2. The predicted molar refractivity (Wildman–Crippen MR) is 116 cm³/mol. The van der Waals surface area contributed by atoms with Crippen molar-refractivity contribution in [1.82, 2.24) is 9.88 Å². The molecule has 3 rings (SSSR count). The van der Waals surface area contributed by atoms with Gasteiger partial charge in [-0.15, -0.1) is 12.6 Å². The van der Waals surface area contributed by atoms with E-state index >= 15 is 0 Å². The summed E-state index contributed by atoms with van der Waals surface area (Å²) in [5.41, 5.74) is 9.08. The second-order valence-corrected chi connectivity index (χ2v) is 6.90. The van der Waals surface area contributed by atoms with Crippen LogP contribution in [0.2, 0.25) is 0 Å². The molecule has 0 bridgehead atoms. The molecule has 1 aromatic carbocycles. The fraction of sp³-hybridized carbons (Fsp3) is 0.238. The van der Waals surface area contributed by atoms with Gasteiger partial charge in [0.05, 0.1) is 13.2 Å². The van der Waals surface area contributed by atoms with Crippen LogP contribution in [0.15, 0.2) is 55.0 Å². The molecule has 28 heavy (non-hydrogen) atoms. The van der Waals surface area contributed by atoms with E-state index in [1.165, 1.54) is 17.8 Å². The van der Waals surface area contributed by atoms with Crippen molar-refractivity contribution in [2.24, 2.45) is 5.73 Å². The third-order valence-corrected chi connectivity index (χ3v) is 4.82. The van der Waals surface area contributed by atoms with Crippen LogP contribution in [-0.2, 0) is 16.1 Å². The number of rotatable bonds is 6. The van der Waals surface area contributed by atoms with Crippen molar-refractivity contribution in [3.8, 4) is 0 Å². The molecule has 3 N–H and O–H groups in total. The number of amides is 1. The number of anilines is 1. The minimum atomic E-state index is -0.215. The van der Waals surface area contributed by atoms with Crippen LogP contribution in [0, 0.1) is 0 Å². The normalized spacial score (nSPS) is 15.7. The van der Waals surface area contributed by atoms with Crippen LogP contribution in [0.5, 0.6) is 0 Å². The molecule has 0 saturated carbocycles. The number of ether oxygens (including phenoxy) is 1. The molecule has 7 heteroatoms. The van der Waals surface area contributed by atoms with E-state index < -0.39 is 0 Å². The molecule has 1 fully saturated rings. The highest BCUT2D eigenvalue weighted by atomic mass is 32.1. The third kappa shape index (κ3) is 5.69. The Morgan fingerprint density at radius 2 is 2.00 bits per heavy atom. The Morgan fingerprint density at radius 3 is 2.71 bits per heavy atom. The smallest absolute Gasteiger partial charge is 0.248 e. The first kappa shape index (κ1) is 20.1. The first-order valence-electron chi connectivity index (χ1n) is 9.09. The average molecular weight is 397 g/mol. The molecule has 0 atom stereocenters. The van der Waals surface area contributed by atoms with E-state index in [2.05, 4.69) is 27.8 Å². The minimum Gasteiger partial charge on any atom is -0.404 e. The van der Waals surface area contributed by atoms with E-state index in [1.54, 1.807) is 24.5 Å². The van der Waals surface area contributed by atoms with Crippen molar-refractivity contribution in [2.75, 3.05) is 31.6 Å². The lowest BCUT2D eigenvalue weighted by Crippen LogP contribution is -2.35. The standard InChI is InChI=1S/C21H24N4O2S/c22-13-20(28)19-7-8-23-14-17(19)3-6-21(26)24-18-4-1-16(2-5-18)15-25-9-11-27-12-10-25/h1-8,13-14,28H,9-12,15,22H2,(H,24,26)/b6-3+,20-13-. The number of thiol groups is 1. The van der Waals surface area contributed by atoms with Crippen LogP contribution in [0.25, 0.3) is 11.0 Å². The lowest BCUT2D eigenvalue weighted by Gasteiger charge is -2.26. The quantitative estimate of drug-likeness (QED) is 0.517. The monoisotopic (exact) mass is 396 g/mol. The summed E-state index contributed by atoms with van der Waals surface area (Å²) < 4.78 is 5.37. The van der Waals surface area contributed by atoms with Crippen molar-refractivity contribution in [1.29, 1.82) is 0 Å². The van der Waals surface area contributed by atoms with E-state index in [1.807, 2.05) is 24.3 Å². The van der Waals surface area contributed by atoms with Gasteiger partial charge in [0.15, 0.2) is 0 Å². The fourth-order valence-electron chi connectivity index (χ4n) is 2.92. The maximum absolute atomic E-state index is 12.2. The fourth-order valence-corrected chi connectivity index (χ4v) is 3.13. The average Bonchev–Trinajstić information content (AvgIpc) is 2.74. The zero-order valence-electron chi connectivity index (χ0n) is 15.5. The highest BCUT2D eigenvalue weighted by Crippen LogP contribution is 2.21. The van der Waals surface area contributed by atoms with Gasteiger partial charge in [-0.05, 0) is 35.4 Å². The third-order valence-electron chi connectivity index (χ3n) is 4.43. The molecule has 1 aliphatic heterocycles. The van der Waals surface area contributed by atoms with Gasteiger partial charge in [-0.1, -0.05) is 12.1 Å². The molecule has 2 aromatic rings. The highest BCUT2D eigenvalue weighted by Gasteiger charge is 2.10. The first-order chi connectivity index (χ1) is 13.7. The van der Waals surface area contributed by atoms with Gasteiger partial charge < -0.3 is 15.8 Å². The maximum Gasteiger partial charge on any atom is 0.248 e. The van der Waals surface area contributed by atoms with Crippen molar-refractivity contribution in [3.63, 3.8) is 0 Å². The van der Waals surface area contributed by atoms with Gasteiger partial charge >= 0.3 is 0 Å². The molecule has 0 radical (unpaired) electrons. The molecule has 1 saturated heterocycles. The molecule has 1 aromatic heterocycles.